The van der Waals surface area contributed by atoms with E-state index >= 15 is 0 Å². The van der Waals surface area contributed by atoms with Crippen molar-refractivity contribution in [2.45, 2.75) is 39.3 Å². The van der Waals surface area contributed by atoms with Gasteiger partial charge in [0.15, 0.2) is 0 Å². The summed E-state index contributed by atoms with van der Waals surface area (Å²) in [7, 11) is 2.07. The maximum absolute atomic E-state index is 10.9. The first-order chi connectivity index (χ1) is 7.86. The van der Waals surface area contributed by atoms with Crippen LogP contribution in [-0.4, -0.2) is 28.6 Å². The van der Waals surface area contributed by atoms with Crippen LogP contribution in [0.15, 0.2) is 24.3 Å². The molecule has 0 amide bonds. The number of nitrogens with zero attached hydrogens (tertiary/aromatic N) is 1. The second-order valence-corrected chi connectivity index (χ2v) is 5.03. The molecule has 0 atom stereocenters. The summed E-state index contributed by atoms with van der Waals surface area (Å²) in [5.41, 5.74) is 1.51. The summed E-state index contributed by atoms with van der Waals surface area (Å²) in [5.74, 6) is -0.871. The van der Waals surface area contributed by atoms with Crippen molar-refractivity contribution in [3.05, 3.63) is 35.4 Å². The summed E-state index contributed by atoms with van der Waals surface area (Å²) >= 11 is 0. The van der Waals surface area contributed by atoms with Crippen molar-refractivity contribution < 1.29 is 9.90 Å². The first-order valence-electron chi connectivity index (χ1n) is 5.90. The van der Waals surface area contributed by atoms with Crippen LogP contribution in [0.4, 0.5) is 0 Å². The molecule has 1 aromatic rings. The van der Waals surface area contributed by atoms with Gasteiger partial charge in [-0.25, -0.2) is 4.79 Å². The van der Waals surface area contributed by atoms with E-state index in [2.05, 4.69) is 32.7 Å². The second kappa shape index (κ2) is 5.32. The number of benzene rings is 1. The van der Waals surface area contributed by atoms with Crippen LogP contribution in [0.2, 0.25) is 0 Å². The van der Waals surface area contributed by atoms with Gasteiger partial charge in [-0.05, 0) is 45.0 Å². The third kappa shape index (κ3) is 3.56. The molecule has 1 rings (SSSR count). The molecule has 0 spiro atoms. The van der Waals surface area contributed by atoms with Crippen LogP contribution >= 0.6 is 0 Å². The van der Waals surface area contributed by atoms with Gasteiger partial charge in [-0.3, -0.25) is 4.90 Å². The maximum Gasteiger partial charge on any atom is 0.335 e. The van der Waals surface area contributed by atoms with Crippen LogP contribution in [0.1, 0.15) is 43.1 Å². The Morgan fingerprint density at radius 2 is 2.06 bits per heavy atom. The van der Waals surface area contributed by atoms with E-state index in [-0.39, 0.29) is 5.54 Å². The molecular formula is C14H21NO2. The van der Waals surface area contributed by atoms with Crippen LogP contribution in [0, 0.1) is 0 Å². The number of hydrogen-bond acceptors (Lipinski definition) is 2. The highest BCUT2D eigenvalue weighted by atomic mass is 16.4. The van der Waals surface area contributed by atoms with Gasteiger partial charge < -0.3 is 5.11 Å². The van der Waals surface area contributed by atoms with E-state index in [0.717, 1.165) is 18.5 Å². The third-order valence-electron chi connectivity index (χ3n) is 3.49. The predicted octanol–water partition coefficient (Wildman–Crippen LogP) is 3.01. The van der Waals surface area contributed by atoms with Crippen LogP contribution < -0.4 is 0 Å². The number of rotatable bonds is 5. The number of carbonyl (C=O) groups is 1. The largest absolute Gasteiger partial charge is 0.478 e. The zero-order valence-corrected chi connectivity index (χ0v) is 11.0. The Bertz CT molecular complexity index is 399. The summed E-state index contributed by atoms with van der Waals surface area (Å²) < 4.78 is 0. The molecule has 0 aromatic heterocycles. The van der Waals surface area contributed by atoms with Gasteiger partial charge in [0, 0.05) is 12.1 Å². The zero-order valence-electron chi connectivity index (χ0n) is 11.0. The fraction of sp³-hybridized carbons (Fsp3) is 0.500. The van der Waals surface area contributed by atoms with Gasteiger partial charge >= 0.3 is 5.97 Å². The smallest absolute Gasteiger partial charge is 0.335 e. The van der Waals surface area contributed by atoms with Crippen LogP contribution in [0.25, 0.3) is 0 Å². The fourth-order valence-corrected chi connectivity index (χ4v) is 1.56. The standard InChI is InChI=1S/C14H21NO2/c1-5-14(2,3)15(4)10-11-7-6-8-12(9-11)13(16)17/h6-9H,5,10H2,1-4H3,(H,16,17). The lowest BCUT2D eigenvalue weighted by molar-refractivity contribution is 0.0696. The Kier molecular flexibility index (Phi) is 4.29. The van der Waals surface area contributed by atoms with E-state index in [1.54, 1.807) is 18.2 Å². The van der Waals surface area contributed by atoms with Crippen molar-refractivity contribution in [1.82, 2.24) is 4.90 Å². The van der Waals surface area contributed by atoms with Gasteiger partial charge in [-0.1, -0.05) is 19.1 Å². The summed E-state index contributed by atoms with van der Waals surface area (Å²) in [6.45, 7) is 7.30. The molecular weight excluding hydrogens is 214 g/mol. The molecule has 3 nitrogen and oxygen atoms in total. The van der Waals surface area contributed by atoms with E-state index in [4.69, 9.17) is 5.11 Å². The van der Waals surface area contributed by atoms with E-state index in [0.29, 0.717) is 5.56 Å². The van der Waals surface area contributed by atoms with Crippen LogP contribution in [0.5, 0.6) is 0 Å². The SMILES string of the molecule is CCC(C)(C)N(C)Cc1cccc(C(=O)O)c1. The summed E-state index contributed by atoms with van der Waals surface area (Å²) in [4.78, 5) is 13.1. The lowest BCUT2D eigenvalue weighted by Crippen LogP contribution is -2.39. The zero-order chi connectivity index (χ0) is 13.1. The molecule has 17 heavy (non-hydrogen) atoms. The number of carboxylic acid groups (broad SMARTS) is 1. The molecule has 0 fully saturated rings. The predicted molar refractivity (Wildman–Crippen MR) is 69.2 cm³/mol. The normalized spacial score (nSPS) is 11.8. The number of aromatic carboxylic acids is 1. The van der Waals surface area contributed by atoms with Gasteiger partial charge in [0.2, 0.25) is 0 Å². The minimum Gasteiger partial charge on any atom is -0.478 e. The Balaban J connectivity index is 2.82. The van der Waals surface area contributed by atoms with Crippen molar-refractivity contribution >= 4 is 5.97 Å². The first kappa shape index (κ1) is 13.7. The Morgan fingerprint density at radius 3 is 2.59 bits per heavy atom. The Morgan fingerprint density at radius 1 is 1.41 bits per heavy atom. The highest BCUT2D eigenvalue weighted by molar-refractivity contribution is 5.87. The van der Waals surface area contributed by atoms with Crippen molar-refractivity contribution in [2.24, 2.45) is 0 Å². The van der Waals surface area contributed by atoms with Crippen LogP contribution in [0.3, 0.4) is 0 Å². The Labute approximate surface area is 103 Å². The third-order valence-corrected chi connectivity index (χ3v) is 3.49. The van der Waals surface area contributed by atoms with Gasteiger partial charge in [-0.2, -0.15) is 0 Å². The molecule has 0 aliphatic rings. The van der Waals surface area contributed by atoms with Crippen molar-refractivity contribution in [3.63, 3.8) is 0 Å². The lowest BCUT2D eigenvalue weighted by atomic mass is 9.99. The molecule has 0 saturated carbocycles. The van der Waals surface area contributed by atoms with Gasteiger partial charge in [0.1, 0.15) is 0 Å². The summed E-state index contributed by atoms with van der Waals surface area (Å²) in [5, 5.41) is 8.94. The average molecular weight is 235 g/mol. The van der Waals surface area contributed by atoms with Crippen LogP contribution in [-0.2, 0) is 6.54 Å². The number of hydrogen-bond donors (Lipinski definition) is 1. The topological polar surface area (TPSA) is 40.5 Å². The average Bonchev–Trinajstić information content (AvgIpc) is 2.29. The molecule has 3 heteroatoms. The molecule has 0 radical (unpaired) electrons. The van der Waals surface area contributed by atoms with Gasteiger partial charge in [0.25, 0.3) is 0 Å². The second-order valence-electron chi connectivity index (χ2n) is 5.03. The minimum absolute atomic E-state index is 0.124. The quantitative estimate of drug-likeness (QED) is 0.853. The van der Waals surface area contributed by atoms with E-state index in [1.807, 2.05) is 6.07 Å². The van der Waals surface area contributed by atoms with Gasteiger partial charge in [-0.15, -0.1) is 0 Å². The highest BCUT2D eigenvalue weighted by Crippen LogP contribution is 2.19. The number of carboxylic acids is 1. The Hall–Kier alpha value is -1.35. The molecule has 0 heterocycles. The van der Waals surface area contributed by atoms with Crippen molar-refractivity contribution in [1.29, 1.82) is 0 Å². The molecule has 1 aromatic carbocycles. The fourth-order valence-electron chi connectivity index (χ4n) is 1.56. The lowest BCUT2D eigenvalue weighted by Gasteiger charge is -2.34. The summed E-state index contributed by atoms with van der Waals surface area (Å²) in [6, 6.07) is 7.13. The van der Waals surface area contributed by atoms with Crippen molar-refractivity contribution in [2.75, 3.05) is 7.05 Å². The minimum atomic E-state index is -0.871. The summed E-state index contributed by atoms with van der Waals surface area (Å²) in [6.07, 6.45) is 1.06. The van der Waals surface area contributed by atoms with E-state index in [1.165, 1.54) is 0 Å². The molecule has 0 aliphatic heterocycles. The maximum atomic E-state index is 10.9. The molecule has 0 bridgehead atoms. The molecule has 0 unspecified atom stereocenters. The van der Waals surface area contributed by atoms with E-state index in [9.17, 15) is 4.79 Å². The molecule has 1 N–H and O–H groups in total. The van der Waals surface area contributed by atoms with Crippen molar-refractivity contribution in [3.8, 4) is 0 Å². The molecule has 0 saturated heterocycles. The first-order valence-corrected chi connectivity index (χ1v) is 5.90. The van der Waals surface area contributed by atoms with E-state index < -0.39 is 5.97 Å². The highest BCUT2D eigenvalue weighted by Gasteiger charge is 2.21. The monoisotopic (exact) mass is 235 g/mol. The molecule has 0 aliphatic carbocycles. The molecule has 94 valence electrons. The van der Waals surface area contributed by atoms with Gasteiger partial charge in [0.05, 0.1) is 5.56 Å².